The van der Waals surface area contributed by atoms with Crippen molar-refractivity contribution < 1.29 is 10.0 Å². The molecule has 2 saturated heterocycles. The molecule has 0 bridgehead atoms. The van der Waals surface area contributed by atoms with E-state index >= 15 is 0 Å². The van der Waals surface area contributed by atoms with Crippen LogP contribution in [0.5, 0.6) is 0 Å². The molecule has 2 heterocycles. The highest BCUT2D eigenvalue weighted by atomic mass is 32.2. The minimum atomic E-state index is -0.863. The number of likely N-dealkylation sites (tertiary alicyclic amines) is 1. The van der Waals surface area contributed by atoms with Crippen molar-refractivity contribution in [3.8, 4) is 0 Å². The summed E-state index contributed by atoms with van der Waals surface area (Å²) in [7, 11) is 2.12. The van der Waals surface area contributed by atoms with Gasteiger partial charge in [0, 0.05) is 6.04 Å². The summed E-state index contributed by atoms with van der Waals surface area (Å²) in [6, 6.07) is 0.279. The van der Waals surface area contributed by atoms with Gasteiger partial charge in [0.15, 0.2) is 0 Å². The highest BCUT2D eigenvalue weighted by molar-refractivity contribution is 7.98. The Labute approximate surface area is 120 Å². The Balaban J connectivity index is 2.19. The molecule has 0 atom stereocenters. The molecule has 0 aromatic rings. The standard InChI is InChI=1S/C13H25N3O2S/c1-12(2)11(17)15(19-13(3,4)16(12)18)10-6-8-14(5)9-7-10/h10,18H,6-9H2,1-5H3. The average molecular weight is 287 g/mol. The third-order valence-electron chi connectivity index (χ3n) is 4.10. The molecule has 1 N–H and O–H groups in total. The summed E-state index contributed by atoms with van der Waals surface area (Å²) in [5, 5.41) is 11.4. The van der Waals surface area contributed by atoms with Crippen molar-refractivity contribution in [1.82, 2.24) is 14.3 Å². The van der Waals surface area contributed by atoms with Gasteiger partial charge >= 0.3 is 0 Å². The first-order valence-corrected chi connectivity index (χ1v) is 7.64. The van der Waals surface area contributed by atoms with Gasteiger partial charge in [-0.25, -0.2) is 0 Å². The maximum atomic E-state index is 12.6. The Morgan fingerprint density at radius 3 is 2.26 bits per heavy atom. The molecule has 0 saturated carbocycles. The van der Waals surface area contributed by atoms with Crippen LogP contribution in [0.4, 0.5) is 0 Å². The summed E-state index contributed by atoms with van der Waals surface area (Å²) < 4.78 is 1.92. The summed E-state index contributed by atoms with van der Waals surface area (Å²) in [6.07, 6.45) is 2.01. The maximum absolute atomic E-state index is 12.6. The predicted octanol–water partition coefficient (Wildman–Crippen LogP) is 1.78. The van der Waals surface area contributed by atoms with Crippen molar-refractivity contribution in [3.05, 3.63) is 0 Å². The van der Waals surface area contributed by atoms with E-state index in [1.54, 1.807) is 13.8 Å². The lowest BCUT2D eigenvalue weighted by Gasteiger charge is -2.53. The van der Waals surface area contributed by atoms with Crippen LogP contribution in [-0.4, -0.2) is 62.0 Å². The van der Waals surface area contributed by atoms with E-state index in [0.29, 0.717) is 0 Å². The van der Waals surface area contributed by atoms with Gasteiger partial charge in [0.05, 0.1) is 0 Å². The average Bonchev–Trinajstić information content (AvgIpc) is 2.34. The molecule has 19 heavy (non-hydrogen) atoms. The number of amides is 1. The molecular weight excluding hydrogens is 262 g/mol. The van der Waals surface area contributed by atoms with Crippen LogP contribution in [0.25, 0.3) is 0 Å². The zero-order valence-electron chi connectivity index (χ0n) is 12.5. The van der Waals surface area contributed by atoms with E-state index in [9.17, 15) is 10.0 Å². The zero-order chi connectivity index (χ0) is 14.4. The topological polar surface area (TPSA) is 47.0 Å². The second-order valence-electron chi connectivity index (χ2n) is 6.57. The Bertz CT molecular complexity index is 365. The summed E-state index contributed by atoms with van der Waals surface area (Å²) in [5.41, 5.74) is -0.863. The Morgan fingerprint density at radius 1 is 1.21 bits per heavy atom. The first-order chi connectivity index (χ1) is 8.66. The molecule has 0 aromatic carbocycles. The van der Waals surface area contributed by atoms with E-state index in [2.05, 4.69) is 11.9 Å². The van der Waals surface area contributed by atoms with Gasteiger partial charge in [-0.1, -0.05) is 0 Å². The fourth-order valence-corrected chi connectivity index (χ4v) is 4.28. The van der Waals surface area contributed by atoms with Crippen LogP contribution in [0.1, 0.15) is 40.5 Å². The van der Waals surface area contributed by atoms with Gasteiger partial charge in [-0.3, -0.25) is 9.10 Å². The molecular formula is C13H25N3O2S. The normalized spacial score (nSPS) is 29.8. The van der Waals surface area contributed by atoms with Gasteiger partial charge in [0.2, 0.25) is 0 Å². The van der Waals surface area contributed by atoms with Gasteiger partial charge in [0.25, 0.3) is 5.91 Å². The lowest BCUT2D eigenvalue weighted by molar-refractivity contribution is -0.210. The summed E-state index contributed by atoms with van der Waals surface area (Å²) in [6.45, 7) is 9.54. The SMILES string of the molecule is CN1CCC(N2SC(C)(C)N(O)C(C)(C)C2=O)CC1. The fraction of sp³-hybridized carbons (Fsp3) is 0.923. The fourth-order valence-electron chi connectivity index (χ4n) is 2.82. The molecule has 2 aliphatic rings. The number of carbonyl (C=O) groups excluding carboxylic acids is 1. The van der Waals surface area contributed by atoms with Gasteiger partial charge < -0.3 is 10.1 Å². The molecule has 1 amide bonds. The van der Waals surface area contributed by atoms with Crippen LogP contribution >= 0.6 is 11.9 Å². The van der Waals surface area contributed by atoms with Gasteiger partial charge in [0.1, 0.15) is 10.4 Å². The Morgan fingerprint density at radius 2 is 1.74 bits per heavy atom. The van der Waals surface area contributed by atoms with Crippen LogP contribution in [0, 0.1) is 0 Å². The zero-order valence-corrected chi connectivity index (χ0v) is 13.3. The number of carbonyl (C=O) groups is 1. The smallest absolute Gasteiger partial charge is 0.255 e. The van der Waals surface area contributed by atoms with Crippen molar-refractivity contribution in [2.75, 3.05) is 20.1 Å². The second-order valence-corrected chi connectivity index (χ2v) is 8.15. The van der Waals surface area contributed by atoms with Crippen LogP contribution in [0.3, 0.4) is 0 Å². The van der Waals surface area contributed by atoms with E-state index in [1.165, 1.54) is 17.0 Å². The van der Waals surface area contributed by atoms with Crippen molar-refractivity contribution in [2.45, 2.75) is 57.0 Å². The number of hydrogen-bond donors (Lipinski definition) is 1. The number of piperidine rings is 1. The Kier molecular flexibility index (Phi) is 3.90. The van der Waals surface area contributed by atoms with E-state index in [0.717, 1.165) is 25.9 Å². The van der Waals surface area contributed by atoms with Crippen molar-refractivity contribution in [2.24, 2.45) is 0 Å². The van der Waals surface area contributed by atoms with E-state index in [-0.39, 0.29) is 11.9 Å². The van der Waals surface area contributed by atoms with Gasteiger partial charge in [-0.15, -0.1) is 0 Å². The van der Waals surface area contributed by atoms with Crippen LogP contribution in [0.2, 0.25) is 0 Å². The van der Waals surface area contributed by atoms with Gasteiger partial charge in [-0.2, -0.15) is 5.06 Å². The first kappa shape index (κ1) is 15.1. The number of hydroxylamine groups is 2. The largest absolute Gasteiger partial charge is 0.312 e. The molecule has 110 valence electrons. The van der Waals surface area contributed by atoms with E-state index in [1.807, 2.05) is 18.2 Å². The maximum Gasteiger partial charge on any atom is 0.255 e. The van der Waals surface area contributed by atoms with Crippen molar-refractivity contribution in [1.29, 1.82) is 0 Å². The predicted molar refractivity (Wildman–Crippen MR) is 76.7 cm³/mol. The summed E-state index contributed by atoms with van der Waals surface area (Å²) >= 11 is 1.46. The lowest BCUT2D eigenvalue weighted by Crippen LogP contribution is -2.66. The van der Waals surface area contributed by atoms with Crippen molar-refractivity contribution >= 4 is 17.9 Å². The molecule has 2 fully saturated rings. The molecule has 0 aromatic heterocycles. The quantitative estimate of drug-likeness (QED) is 0.745. The van der Waals surface area contributed by atoms with Crippen LogP contribution < -0.4 is 0 Å². The molecule has 2 aliphatic heterocycles. The molecule has 0 radical (unpaired) electrons. The first-order valence-electron chi connectivity index (χ1n) is 6.87. The van der Waals surface area contributed by atoms with E-state index < -0.39 is 10.4 Å². The highest BCUT2D eigenvalue weighted by Gasteiger charge is 2.52. The monoisotopic (exact) mass is 287 g/mol. The number of rotatable bonds is 1. The minimum Gasteiger partial charge on any atom is -0.312 e. The second kappa shape index (κ2) is 4.91. The Hall–Kier alpha value is -0.300. The molecule has 6 heteroatoms. The molecule has 0 spiro atoms. The molecule has 5 nitrogen and oxygen atoms in total. The number of hydrogen-bond acceptors (Lipinski definition) is 5. The number of nitrogens with zero attached hydrogens (tertiary/aromatic N) is 3. The van der Waals surface area contributed by atoms with E-state index in [4.69, 9.17) is 0 Å². The molecule has 0 unspecified atom stereocenters. The molecule has 0 aliphatic carbocycles. The lowest BCUT2D eigenvalue weighted by atomic mass is 9.99. The van der Waals surface area contributed by atoms with Crippen LogP contribution in [0.15, 0.2) is 0 Å². The molecule has 2 rings (SSSR count). The summed E-state index contributed by atoms with van der Waals surface area (Å²) in [5.74, 6) is 0.00822. The van der Waals surface area contributed by atoms with Crippen LogP contribution in [-0.2, 0) is 4.79 Å². The third kappa shape index (κ3) is 2.63. The summed E-state index contributed by atoms with van der Waals surface area (Å²) in [4.78, 5) is 14.4. The minimum absolute atomic E-state index is 0.00822. The van der Waals surface area contributed by atoms with Crippen molar-refractivity contribution in [3.63, 3.8) is 0 Å². The highest BCUT2D eigenvalue weighted by Crippen LogP contribution is 2.44. The third-order valence-corrected chi connectivity index (χ3v) is 5.39. The van der Waals surface area contributed by atoms with Gasteiger partial charge in [-0.05, 0) is 72.6 Å².